The number of aromatic nitrogens is 2. The molecule has 2 N–H and O–H groups in total. The number of hydrogen-bond acceptors (Lipinski definition) is 8. The zero-order valence-electron chi connectivity index (χ0n) is 16.1. The Kier molecular flexibility index (Phi) is 6.87. The average Bonchev–Trinajstić information content (AvgIpc) is 3.37. The summed E-state index contributed by atoms with van der Waals surface area (Å²) in [5.41, 5.74) is 0.782. The Morgan fingerprint density at radius 3 is 2.96 bits per heavy atom. The van der Waals surface area contributed by atoms with E-state index in [2.05, 4.69) is 35.2 Å². The van der Waals surface area contributed by atoms with Gasteiger partial charge in [0, 0.05) is 12.1 Å². The molecule has 8 heteroatoms. The number of ether oxygens (including phenoxy) is 3. The van der Waals surface area contributed by atoms with Crippen molar-refractivity contribution in [1.29, 1.82) is 0 Å². The summed E-state index contributed by atoms with van der Waals surface area (Å²) in [6, 6.07) is 5.32. The fourth-order valence-electron chi connectivity index (χ4n) is 2.86. The van der Waals surface area contributed by atoms with Crippen molar-refractivity contribution < 1.29 is 23.8 Å². The first-order chi connectivity index (χ1) is 13.6. The van der Waals surface area contributed by atoms with Crippen molar-refractivity contribution in [3.8, 4) is 35.2 Å². The number of aliphatic hydroxyl groups excluding tert-OH is 1. The van der Waals surface area contributed by atoms with Gasteiger partial charge in [0.25, 0.3) is 0 Å². The molecule has 0 fully saturated rings. The third-order valence-corrected chi connectivity index (χ3v) is 4.62. The smallest absolute Gasteiger partial charge is 0.244 e. The van der Waals surface area contributed by atoms with Crippen LogP contribution >= 0.6 is 0 Å². The van der Waals surface area contributed by atoms with Gasteiger partial charge in [0.1, 0.15) is 6.61 Å². The lowest BCUT2D eigenvalue weighted by Gasteiger charge is -2.22. The van der Waals surface area contributed by atoms with Crippen LogP contribution in [0.15, 0.2) is 22.7 Å². The number of fused-ring (bicyclic) bond motifs is 1. The predicted molar refractivity (Wildman–Crippen MR) is 102 cm³/mol. The van der Waals surface area contributed by atoms with Crippen molar-refractivity contribution in [1.82, 2.24) is 15.5 Å². The predicted octanol–water partition coefficient (Wildman–Crippen LogP) is 2.15. The fraction of sp³-hybridized carbons (Fsp3) is 0.500. The van der Waals surface area contributed by atoms with Crippen LogP contribution in [0.5, 0.6) is 11.5 Å². The third-order valence-electron chi connectivity index (χ3n) is 4.62. The van der Waals surface area contributed by atoms with Crippen LogP contribution in [0.3, 0.4) is 0 Å². The van der Waals surface area contributed by atoms with Crippen molar-refractivity contribution in [2.45, 2.75) is 32.4 Å². The molecule has 1 aromatic heterocycles. The highest BCUT2D eigenvalue weighted by atomic mass is 16.7. The van der Waals surface area contributed by atoms with Crippen molar-refractivity contribution in [2.75, 3.05) is 26.6 Å². The number of nitrogens with zero attached hydrogens (tertiary/aromatic N) is 2. The van der Waals surface area contributed by atoms with Crippen molar-refractivity contribution in [3.05, 3.63) is 24.1 Å². The Morgan fingerprint density at radius 1 is 1.36 bits per heavy atom. The van der Waals surface area contributed by atoms with E-state index in [1.165, 1.54) is 0 Å². The number of terminal acetylenes is 1. The van der Waals surface area contributed by atoms with Crippen molar-refractivity contribution >= 4 is 0 Å². The van der Waals surface area contributed by atoms with Crippen LogP contribution in [0.4, 0.5) is 0 Å². The lowest BCUT2D eigenvalue weighted by Crippen LogP contribution is -2.35. The van der Waals surface area contributed by atoms with Gasteiger partial charge in [0.05, 0.1) is 18.8 Å². The molecule has 8 nitrogen and oxygen atoms in total. The van der Waals surface area contributed by atoms with Crippen LogP contribution in [-0.4, -0.2) is 47.9 Å². The number of rotatable bonds is 10. The van der Waals surface area contributed by atoms with E-state index in [-0.39, 0.29) is 32.0 Å². The fourth-order valence-corrected chi connectivity index (χ4v) is 2.86. The highest BCUT2D eigenvalue weighted by molar-refractivity contribution is 5.61. The van der Waals surface area contributed by atoms with Gasteiger partial charge in [-0.05, 0) is 24.1 Å². The average molecular weight is 387 g/mol. The van der Waals surface area contributed by atoms with Gasteiger partial charge in [0.15, 0.2) is 11.5 Å². The quantitative estimate of drug-likeness (QED) is 0.473. The molecule has 0 bridgehead atoms. The Balaban J connectivity index is 1.69. The van der Waals surface area contributed by atoms with Crippen molar-refractivity contribution in [3.63, 3.8) is 0 Å². The minimum Gasteiger partial charge on any atom is -0.454 e. The van der Waals surface area contributed by atoms with E-state index in [1.54, 1.807) is 0 Å². The molecule has 0 radical (unpaired) electrons. The first-order valence-corrected chi connectivity index (χ1v) is 9.28. The Morgan fingerprint density at radius 2 is 2.18 bits per heavy atom. The van der Waals surface area contributed by atoms with Gasteiger partial charge in [-0.1, -0.05) is 31.3 Å². The third kappa shape index (κ3) is 4.81. The van der Waals surface area contributed by atoms with E-state index in [9.17, 15) is 5.11 Å². The summed E-state index contributed by atoms with van der Waals surface area (Å²) in [5, 5.41) is 17.5. The molecule has 1 aliphatic rings. The molecule has 1 aromatic carbocycles. The molecule has 2 aromatic rings. The van der Waals surface area contributed by atoms with Crippen LogP contribution in [0.2, 0.25) is 0 Å². The Hall–Kier alpha value is -2.60. The van der Waals surface area contributed by atoms with Crippen LogP contribution in [0.1, 0.15) is 32.2 Å². The molecule has 0 saturated heterocycles. The second kappa shape index (κ2) is 9.55. The summed E-state index contributed by atoms with van der Waals surface area (Å²) in [4.78, 5) is 4.55. The number of hydrogen-bond donors (Lipinski definition) is 2. The molecule has 3 atom stereocenters. The summed E-state index contributed by atoms with van der Waals surface area (Å²) in [5.74, 6) is 4.91. The zero-order valence-corrected chi connectivity index (χ0v) is 16.1. The van der Waals surface area contributed by atoms with Gasteiger partial charge >= 0.3 is 0 Å². The first-order valence-electron chi connectivity index (χ1n) is 9.28. The largest absolute Gasteiger partial charge is 0.454 e. The van der Waals surface area contributed by atoms with E-state index in [4.69, 9.17) is 25.2 Å². The van der Waals surface area contributed by atoms with Gasteiger partial charge in [-0.3, -0.25) is 0 Å². The minimum atomic E-state index is -0.684. The second-order valence-corrected chi connectivity index (χ2v) is 6.67. The molecule has 150 valence electrons. The van der Waals surface area contributed by atoms with E-state index < -0.39 is 6.10 Å². The molecule has 0 spiro atoms. The Labute approximate surface area is 164 Å². The van der Waals surface area contributed by atoms with Gasteiger partial charge in [-0.15, -0.1) is 6.42 Å². The van der Waals surface area contributed by atoms with Gasteiger partial charge in [0.2, 0.25) is 18.5 Å². The minimum absolute atomic E-state index is 0.163. The lowest BCUT2D eigenvalue weighted by atomic mass is 9.99. The standard InChI is InChI=1S/C20H25N3O5/c1-4-8-25-11-15(24)10-21-18(13(3)5-2)20-22-19(23-28-20)14-6-7-16-17(9-14)27-12-26-16/h1,6-7,9,13,15,18,21,24H,5,8,10-12H2,2-3H3. The number of aliphatic hydroxyl groups is 1. The molecule has 3 rings (SSSR count). The van der Waals surface area contributed by atoms with Crippen molar-refractivity contribution in [2.24, 2.45) is 5.92 Å². The van der Waals surface area contributed by atoms with Crippen LogP contribution in [-0.2, 0) is 4.74 Å². The molecule has 2 heterocycles. The maximum atomic E-state index is 10.1. The molecule has 1 aliphatic heterocycles. The normalized spacial score (nSPS) is 15.8. The molecule has 0 saturated carbocycles. The molecule has 28 heavy (non-hydrogen) atoms. The molecular formula is C20H25N3O5. The van der Waals surface area contributed by atoms with Crippen LogP contribution < -0.4 is 14.8 Å². The topological polar surface area (TPSA) is 98.9 Å². The van der Waals surface area contributed by atoms with Gasteiger partial charge in [-0.2, -0.15) is 4.98 Å². The zero-order chi connectivity index (χ0) is 19.9. The monoisotopic (exact) mass is 387 g/mol. The summed E-state index contributed by atoms with van der Waals surface area (Å²) in [6.07, 6.45) is 5.36. The summed E-state index contributed by atoms with van der Waals surface area (Å²) in [7, 11) is 0. The van der Waals surface area contributed by atoms with Crippen LogP contribution in [0, 0.1) is 18.3 Å². The van der Waals surface area contributed by atoms with E-state index >= 15 is 0 Å². The second-order valence-electron chi connectivity index (χ2n) is 6.67. The maximum absolute atomic E-state index is 10.1. The first kappa shape index (κ1) is 20.1. The number of nitrogens with one attached hydrogen (secondary N) is 1. The van der Waals surface area contributed by atoms with E-state index in [0.717, 1.165) is 12.0 Å². The molecule has 0 amide bonds. The maximum Gasteiger partial charge on any atom is 0.244 e. The summed E-state index contributed by atoms with van der Waals surface area (Å²) in [6.45, 7) is 5.04. The van der Waals surface area contributed by atoms with E-state index in [1.807, 2.05) is 18.2 Å². The molecule has 0 aliphatic carbocycles. The summed E-state index contributed by atoms with van der Waals surface area (Å²) >= 11 is 0. The van der Waals surface area contributed by atoms with E-state index in [0.29, 0.717) is 29.8 Å². The summed E-state index contributed by atoms with van der Waals surface area (Å²) < 4.78 is 21.4. The number of benzene rings is 1. The Bertz CT molecular complexity index is 816. The van der Waals surface area contributed by atoms with Gasteiger partial charge in [-0.25, -0.2) is 0 Å². The SMILES string of the molecule is C#CCOCC(O)CNC(c1nc(-c2ccc3c(c2)OCO3)no1)C(C)CC. The molecule has 3 unspecified atom stereocenters. The van der Waals surface area contributed by atoms with Gasteiger partial charge < -0.3 is 29.2 Å². The molecular weight excluding hydrogens is 362 g/mol. The van der Waals surface area contributed by atoms with Crippen LogP contribution in [0.25, 0.3) is 11.4 Å². The highest BCUT2D eigenvalue weighted by Gasteiger charge is 2.25. The highest BCUT2D eigenvalue weighted by Crippen LogP contribution is 2.35. The lowest BCUT2D eigenvalue weighted by molar-refractivity contribution is 0.0476.